The summed E-state index contributed by atoms with van der Waals surface area (Å²) in [7, 11) is 0. The van der Waals surface area contributed by atoms with Gasteiger partial charge in [0.2, 0.25) is 0 Å². The zero-order chi connectivity index (χ0) is 16.6. The third-order valence-corrected chi connectivity index (χ3v) is 5.49. The van der Waals surface area contributed by atoms with Crippen LogP contribution in [0.5, 0.6) is 0 Å². The quantitative estimate of drug-likeness (QED) is 0.817. The fourth-order valence-corrected chi connectivity index (χ4v) is 4.33. The minimum Gasteiger partial charge on any atom is -0.299 e. The number of nitrogens with zero attached hydrogens (tertiary/aromatic N) is 1. The second kappa shape index (κ2) is 6.06. The van der Waals surface area contributed by atoms with Gasteiger partial charge in [0.15, 0.2) is 0 Å². The fraction of sp³-hybridized carbons (Fsp3) is 0.353. The molecule has 1 aliphatic carbocycles. The molecule has 0 saturated heterocycles. The van der Waals surface area contributed by atoms with Gasteiger partial charge < -0.3 is 0 Å². The molecule has 0 aliphatic heterocycles. The first-order valence-electron chi connectivity index (χ1n) is 7.40. The van der Waals surface area contributed by atoms with E-state index >= 15 is 0 Å². The van der Waals surface area contributed by atoms with E-state index in [1.54, 1.807) is 0 Å². The molecule has 1 fully saturated rings. The van der Waals surface area contributed by atoms with E-state index in [0.29, 0.717) is 29.2 Å². The van der Waals surface area contributed by atoms with Gasteiger partial charge in [0.05, 0.1) is 5.02 Å². The highest BCUT2D eigenvalue weighted by Crippen LogP contribution is 2.35. The predicted octanol–water partition coefficient (Wildman–Crippen LogP) is 4.42. The first-order valence-corrected chi connectivity index (χ1v) is 8.60. The Hall–Kier alpha value is -1.72. The van der Waals surface area contributed by atoms with Crippen LogP contribution >= 0.6 is 22.9 Å². The van der Waals surface area contributed by atoms with Gasteiger partial charge in [0, 0.05) is 28.6 Å². The molecule has 1 N–H and O–H groups in total. The molecule has 0 unspecified atom stereocenters. The minimum atomic E-state index is -0.334. The van der Waals surface area contributed by atoms with Crippen molar-refractivity contribution < 1.29 is 9.59 Å². The molecule has 1 amide bonds. The van der Waals surface area contributed by atoms with Crippen LogP contribution in [0.15, 0.2) is 29.4 Å². The Bertz CT molecular complexity index is 823. The molecule has 1 heterocycles. The van der Waals surface area contributed by atoms with Crippen molar-refractivity contribution in [1.82, 2.24) is 5.43 Å². The van der Waals surface area contributed by atoms with E-state index in [9.17, 15) is 9.59 Å². The van der Waals surface area contributed by atoms with Crippen molar-refractivity contribution >= 4 is 50.4 Å². The van der Waals surface area contributed by atoms with Crippen LogP contribution in [0.25, 0.3) is 10.1 Å². The molecule has 1 aliphatic rings. The third-order valence-electron chi connectivity index (χ3n) is 3.82. The summed E-state index contributed by atoms with van der Waals surface area (Å²) in [6.07, 6.45) is 1.57. The molecule has 23 heavy (non-hydrogen) atoms. The van der Waals surface area contributed by atoms with Crippen molar-refractivity contribution in [1.29, 1.82) is 0 Å². The van der Waals surface area contributed by atoms with Crippen LogP contribution in [0, 0.1) is 5.41 Å². The van der Waals surface area contributed by atoms with Gasteiger partial charge in [0.25, 0.3) is 5.91 Å². The average molecular weight is 349 g/mol. The number of benzene rings is 1. The molecule has 4 nitrogen and oxygen atoms in total. The highest BCUT2D eigenvalue weighted by Gasteiger charge is 2.30. The van der Waals surface area contributed by atoms with Gasteiger partial charge in [-0.15, -0.1) is 11.3 Å². The Kier molecular flexibility index (Phi) is 4.25. The Morgan fingerprint density at radius 2 is 2.04 bits per heavy atom. The molecule has 0 bridgehead atoms. The van der Waals surface area contributed by atoms with Crippen LogP contribution in [0.2, 0.25) is 5.02 Å². The zero-order valence-electron chi connectivity index (χ0n) is 13.0. The van der Waals surface area contributed by atoms with Crippen molar-refractivity contribution in [3.05, 3.63) is 34.2 Å². The van der Waals surface area contributed by atoms with Crippen LogP contribution < -0.4 is 5.43 Å². The van der Waals surface area contributed by atoms with Gasteiger partial charge in [-0.2, -0.15) is 5.10 Å². The maximum atomic E-state index is 12.3. The fourth-order valence-electron chi connectivity index (χ4n) is 2.92. The number of Topliss-reactive ketones (excluding diaryl/α,β-unsaturated/α-hetero) is 1. The topological polar surface area (TPSA) is 58.5 Å². The molecule has 0 spiro atoms. The molecular formula is C17H17ClN2O2S. The molecule has 3 rings (SSSR count). The Balaban J connectivity index is 1.80. The van der Waals surface area contributed by atoms with E-state index in [4.69, 9.17) is 11.6 Å². The first-order chi connectivity index (χ1) is 10.9. The van der Waals surface area contributed by atoms with Gasteiger partial charge in [-0.1, -0.05) is 43.6 Å². The second-order valence-electron chi connectivity index (χ2n) is 6.59. The van der Waals surface area contributed by atoms with Crippen LogP contribution in [0.4, 0.5) is 0 Å². The monoisotopic (exact) mass is 348 g/mol. The van der Waals surface area contributed by atoms with Crippen LogP contribution in [-0.2, 0) is 4.79 Å². The van der Waals surface area contributed by atoms with Crippen molar-refractivity contribution in [3.8, 4) is 0 Å². The summed E-state index contributed by atoms with van der Waals surface area (Å²) < 4.78 is 0.962. The summed E-state index contributed by atoms with van der Waals surface area (Å²) in [6.45, 7) is 4.06. The largest absolute Gasteiger partial charge is 0.299 e. The molecule has 6 heteroatoms. The maximum Gasteiger partial charge on any atom is 0.283 e. The summed E-state index contributed by atoms with van der Waals surface area (Å²) in [5.41, 5.74) is 3.17. The number of fused-ring (bicyclic) bond motifs is 1. The van der Waals surface area contributed by atoms with E-state index in [-0.39, 0.29) is 17.1 Å². The lowest BCUT2D eigenvalue weighted by molar-refractivity contribution is -0.120. The van der Waals surface area contributed by atoms with Gasteiger partial charge in [-0.3, -0.25) is 9.59 Å². The van der Waals surface area contributed by atoms with Crippen LogP contribution in [0.3, 0.4) is 0 Å². The molecule has 0 radical (unpaired) electrons. The number of hydrogen-bond acceptors (Lipinski definition) is 4. The number of hydrogen-bond donors (Lipinski definition) is 1. The zero-order valence-corrected chi connectivity index (χ0v) is 14.6. The average Bonchev–Trinajstić information content (AvgIpc) is 2.80. The summed E-state index contributed by atoms with van der Waals surface area (Å²) in [4.78, 5) is 24.5. The van der Waals surface area contributed by atoms with Crippen LogP contribution in [-0.4, -0.2) is 17.4 Å². The lowest BCUT2D eigenvalue weighted by Crippen LogP contribution is -2.31. The van der Waals surface area contributed by atoms with E-state index in [1.165, 1.54) is 11.3 Å². The predicted molar refractivity (Wildman–Crippen MR) is 94.4 cm³/mol. The lowest BCUT2D eigenvalue weighted by Gasteiger charge is -2.28. The molecule has 1 aromatic carbocycles. The summed E-state index contributed by atoms with van der Waals surface area (Å²) in [6, 6.07) is 7.61. The summed E-state index contributed by atoms with van der Waals surface area (Å²) in [5.74, 6) is -0.173. The van der Waals surface area contributed by atoms with Crippen molar-refractivity contribution in [2.24, 2.45) is 10.5 Å². The van der Waals surface area contributed by atoms with Crippen molar-refractivity contribution in [2.75, 3.05) is 0 Å². The smallest absolute Gasteiger partial charge is 0.283 e. The third kappa shape index (κ3) is 3.46. The maximum absolute atomic E-state index is 12.3. The van der Waals surface area contributed by atoms with Gasteiger partial charge in [-0.25, -0.2) is 5.43 Å². The van der Waals surface area contributed by atoms with Crippen LogP contribution in [0.1, 0.15) is 42.8 Å². The number of amides is 1. The summed E-state index contributed by atoms with van der Waals surface area (Å²) in [5, 5.41) is 5.48. The lowest BCUT2D eigenvalue weighted by atomic mass is 9.76. The number of halogens is 1. The number of thiophene rings is 1. The highest BCUT2D eigenvalue weighted by atomic mass is 35.5. The molecule has 0 atom stereocenters. The van der Waals surface area contributed by atoms with Gasteiger partial charge in [0.1, 0.15) is 10.7 Å². The Morgan fingerprint density at radius 1 is 1.30 bits per heavy atom. The molecule has 120 valence electrons. The Labute approximate surface area is 143 Å². The summed E-state index contributed by atoms with van der Waals surface area (Å²) >= 11 is 7.63. The number of rotatable bonds is 2. The number of carbonyl (C=O) groups excluding carboxylic acids is 2. The highest BCUT2D eigenvalue weighted by molar-refractivity contribution is 7.21. The first kappa shape index (κ1) is 16.1. The van der Waals surface area contributed by atoms with E-state index in [1.807, 2.05) is 38.1 Å². The molecular weight excluding hydrogens is 332 g/mol. The van der Waals surface area contributed by atoms with E-state index in [0.717, 1.165) is 15.8 Å². The number of hydrazone groups is 1. The molecule has 2 aromatic rings. The van der Waals surface area contributed by atoms with Crippen molar-refractivity contribution in [3.63, 3.8) is 0 Å². The number of nitrogens with one attached hydrogen (secondary N) is 1. The minimum absolute atomic E-state index is 0.103. The normalized spacial score (nSPS) is 19.3. The number of ketones is 1. The van der Waals surface area contributed by atoms with Crippen molar-refractivity contribution in [2.45, 2.75) is 33.1 Å². The second-order valence-corrected chi connectivity index (χ2v) is 8.02. The van der Waals surface area contributed by atoms with E-state index in [2.05, 4.69) is 10.5 Å². The molecule has 1 saturated carbocycles. The standard InChI is InChI=1S/C17H17ClN2O2S/c1-17(2)8-10(7-11(21)9-17)19-20-16(22)15-14(18)12-5-3-4-6-13(12)23-15/h3-6H,7-9H2,1-2H3,(H,20,22)/b19-10+. The van der Waals surface area contributed by atoms with E-state index < -0.39 is 0 Å². The SMILES string of the molecule is CC1(C)CC(=O)C/C(=N\NC(=O)c2sc3ccccc3c2Cl)C1. The van der Waals surface area contributed by atoms with Gasteiger partial charge >= 0.3 is 0 Å². The van der Waals surface area contributed by atoms with Gasteiger partial charge in [-0.05, 0) is 17.9 Å². The number of carbonyl (C=O) groups is 2. The Morgan fingerprint density at radius 3 is 2.74 bits per heavy atom. The molecule has 1 aromatic heterocycles.